The number of rotatable bonds is 8. The van der Waals surface area contributed by atoms with Crippen LogP contribution < -0.4 is 10.3 Å². The van der Waals surface area contributed by atoms with Crippen LogP contribution in [-0.2, 0) is 17.8 Å². The number of amides is 1. The second-order valence-electron chi connectivity index (χ2n) is 9.32. The molecule has 0 fully saturated rings. The molecule has 9 nitrogen and oxygen atoms in total. The van der Waals surface area contributed by atoms with Gasteiger partial charge in [0.1, 0.15) is 12.3 Å². The van der Waals surface area contributed by atoms with Crippen LogP contribution in [0.4, 0.5) is 0 Å². The summed E-state index contributed by atoms with van der Waals surface area (Å²) >= 11 is 1.59. The lowest BCUT2D eigenvalue weighted by molar-refractivity contribution is -0.133. The van der Waals surface area contributed by atoms with Gasteiger partial charge in [-0.15, -0.1) is 11.3 Å². The minimum Gasteiger partial charge on any atom is -0.497 e. The summed E-state index contributed by atoms with van der Waals surface area (Å²) in [5, 5.41) is 12.8. The lowest BCUT2D eigenvalue weighted by Crippen LogP contribution is -2.36. The van der Waals surface area contributed by atoms with Crippen LogP contribution in [0.15, 0.2) is 63.8 Å². The third-order valence-electron chi connectivity index (χ3n) is 6.51. The van der Waals surface area contributed by atoms with E-state index in [4.69, 9.17) is 14.8 Å². The Morgan fingerprint density at radius 1 is 1.16 bits per heavy atom. The van der Waals surface area contributed by atoms with Crippen molar-refractivity contribution in [2.75, 3.05) is 7.11 Å². The van der Waals surface area contributed by atoms with Crippen LogP contribution in [0.5, 0.6) is 5.75 Å². The number of thiophene rings is 1. The van der Waals surface area contributed by atoms with E-state index in [0.717, 1.165) is 39.7 Å². The molecule has 0 bridgehead atoms. The first-order valence-electron chi connectivity index (χ1n) is 12.6. The van der Waals surface area contributed by atoms with E-state index in [1.54, 1.807) is 23.1 Å². The number of hydrogen-bond donors (Lipinski definition) is 0. The fraction of sp³-hybridized carbons (Fsp3) is 0.321. The van der Waals surface area contributed by atoms with E-state index < -0.39 is 0 Å². The summed E-state index contributed by atoms with van der Waals surface area (Å²) in [6.07, 6.45) is 2.09. The monoisotopic (exact) mass is 530 g/mol. The summed E-state index contributed by atoms with van der Waals surface area (Å²) in [5.74, 6) is 0.776. The van der Waals surface area contributed by atoms with E-state index in [9.17, 15) is 9.59 Å². The number of aryl methyl sites for hydroxylation is 3. The number of carbonyl (C=O) groups is 1. The van der Waals surface area contributed by atoms with Gasteiger partial charge in [0.05, 0.1) is 29.4 Å². The van der Waals surface area contributed by atoms with E-state index in [2.05, 4.69) is 5.10 Å². The van der Waals surface area contributed by atoms with Gasteiger partial charge in [-0.25, -0.2) is 14.7 Å². The molecule has 5 rings (SSSR count). The second kappa shape index (κ2) is 10.7. The predicted molar refractivity (Wildman–Crippen MR) is 147 cm³/mol. The average molecular weight is 531 g/mol. The molecule has 4 heterocycles. The lowest BCUT2D eigenvalue weighted by Gasteiger charge is -2.23. The van der Waals surface area contributed by atoms with Crippen LogP contribution in [0.1, 0.15) is 53.3 Å². The fourth-order valence-electron chi connectivity index (χ4n) is 4.69. The van der Waals surface area contributed by atoms with E-state index in [-0.39, 0.29) is 24.1 Å². The smallest absolute Gasteiger partial charge is 0.263 e. The highest BCUT2D eigenvalue weighted by Crippen LogP contribution is 2.34. The van der Waals surface area contributed by atoms with Gasteiger partial charge in [-0.05, 0) is 55.5 Å². The number of nitrogens with zero attached hydrogens (tertiary/aromatic N) is 6. The number of carbonyl (C=O) groups excluding carboxylic acids is 1. The van der Waals surface area contributed by atoms with Gasteiger partial charge in [-0.2, -0.15) is 10.2 Å². The standard InChI is InChI=1S/C28H30N6O3S/c1-5-7-21-15-26(35)32(28(29-21)33-19(3)14-18(2)30-33)17-27(36)34-24(20-9-11-22(37-4)12-10-20)16-23(31-34)25-8-6-13-38-25/h6,8-15,24H,5,7,16-17H2,1-4H3. The Hall–Kier alpha value is -4.05. The van der Waals surface area contributed by atoms with Crippen LogP contribution in [0, 0.1) is 13.8 Å². The zero-order valence-electron chi connectivity index (χ0n) is 21.9. The zero-order valence-corrected chi connectivity index (χ0v) is 22.7. The van der Waals surface area contributed by atoms with Crippen LogP contribution in [0.3, 0.4) is 0 Å². The van der Waals surface area contributed by atoms with Gasteiger partial charge in [0.25, 0.3) is 11.5 Å². The quantitative estimate of drug-likeness (QED) is 0.336. The molecule has 0 spiro atoms. The van der Waals surface area contributed by atoms with E-state index in [1.807, 2.05) is 68.6 Å². The van der Waals surface area contributed by atoms with Crippen LogP contribution in [-0.4, -0.2) is 43.1 Å². The zero-order chi connectivity index (χ0) is 26.8. The van der Waals surface area contributed by atoms with Gasteiger partial charge in [-0.1, -0.05) is 31.5 Å². The second-order valence-corrected chi connectivity index (χ2v) is 10.3. The highest BCUT2D eigenvalue weighted by Gasteiger charge is 2.34. The summed E-state index contributed by atoms with van der Waals surface area (Å²) in [6, 6.07) is 14.8. The molecule has 3 aromatic heterocycles. The van der Waals surface area contributed by atoms with Crippen LogP contribution >= 0.6 is 11.3 Å². The van der Waals surface area contributed by atoms with Crippen molar-refractivity contribution < 1.29 is 9.53 Å². The first-order valence-corrected chi connectivity index (χ1v) is 13.5. The van der Waals surface area contributed by atoms with Crippen molar-refractivity contribution in [2.45, 2.75) is 52.6 Å². The molecular formula is C28H30N6O3S. The van der Waals surface area contributed by atoms with Gasteiger partial charge in [0.2, 0.25) is 5.95 Å². The number of hydrogen-bond acceptors (Lipinski definition) is 7. The average Bonchev–Trinajstić information content (AvgIpc) is 3.65. The maximum absolute atomic E-state index is 13.9. The molecule has 1 aromatic carbocycles. The van der Waals surface area contributed by atoms with Crippen molar-refractivity contribution in [3.05, 3.63) is 91.8 Å². The van der Waals surface area contributed by atoms with Crippen molar-refractivity contribution in [3.63, 3.8) is 0 Å². The molecule has 1 unspecified atom stereocenters. The van der Waals surface area contributed by atoms with E-state index >= 15 is 0 Å². The number of methoxy groups -OCH3 is 1. The molecular weight excluding hydrogens is 500 g/mol. The van der Waals surface area contributed by atoms with Crippen molar-refractivity contribution >= 4 is 23.0 Å². The molecule has 0 saturated heterocycles. The molecule has 0 aliphatic carbocycles. The van der Waals surface area contributed by atoms with Gasteiger partial charge >= 0.3 is 0 Å². The summed E-state index contributed by atoms with van der Waals surface area (Å²) in [4.78, 5) is 32.9. The highest BCUT2D eigenvalue weighted by molar-refractivity contribution is 7.12. The van der Waals surface area contributed by atoms with E-state index in [1.165, 1.54) is 15.6 Å². The predicted octanol–water partition coefficient (Wildman–Crippen LogP) is 4.45. The Morgan fingerprint density at radius 2 is 1.95 bits per heavy atom. The first kappa shape index (κ1) is 25.6. The third-order valence-corrected chi connectivity index (χ3v) is 7.43. The largest absolute Gasteiger partial charge is 0.497 e. The summed E-state index contributed by atoms with van der Waals surface area (Å²) in [7, 11) is 1.62. The number of benzene rings is 1. The van der Waals surface area contributed by atoms with Gasteiger partial charge in [0.15, 0.2) is 0 Å². The molecule has 10 heteroatoms. The van der Waals surface area contributed by atoms with Gasteiger partial charge in [0, 0.05) is 23.9 Å². The molecule has 1 aliphatic rings. The Labute approximate surface area is 225 Å². The minimum absolute atomic E-state index is 0.209. The highest BCUT2D eigenvalue weighted by atomic mass is 32.1. The molecule has 0 N–H and O–H groups in total. The molecule has 38 heavy (non-hydrogen) atoms. The van der Waals surface area contributed by atoms with Crippen LogP contribution in [0.2, 0.25) is 0 Å². The maximum atomic E-state index is 13.9. The van der Waals surface area contributed by atoms with Gasteiger partial charge < -0.3 is 4.74 Å². The van der Waals surface area contributed by atoms with Crippen molar-refractivity contribution in [2.24, 2.45) is 5.10 Å². The summed E-state index contributed by atoms with van der Waals surface area (Å²) in [6.45, 7) is 5.62. The molecule has 0 radical (unpaired) electrons. The Morgan fingerprint density at radius 3 is 2.58 bits per heavy atom. The third kappa shape index (κ3) is 5.04. The Balaban J connectivity index is 1.54. The van der Waals surface area contributed by atoms with Crippen LogP contribution in [0.25, 0.3) is 5.95 Å². The Kier molecular flexibility index (Phi) is 7.24. The molecule has 1 aliphatic heterocycles. The van der Waals surface area contributed by atoms with Crippen molar-refractivity contribution in [3.8, 4) is 11.7 Å². The Bertz CT molecular complexity index is 1540. The molecule has 4 aromatic rings. The molecule has 196 valence electrons. The summed E-state index contributed by atoms with van der Waals surface area (Å²) in [5.41, 5.74) is 3.81. The summed E-state index contributed by atoms with van der Waals surface area (Å²) < 4.78 is 8.34. The first-order chi connectivity index (χ1) is 18.4. The van der Waals surface area contributed by atoms with Gasteiger partial charge in [-0.3, -0.25) is 14.2 Å². The normalized spacial score (nSPS) is 15.1. The van der Waals surface area contributed by atoms with Crippen molar-refractivity contribution in [1.29, 1.82) is 0 Å². The number of hydrazone groups is 1. The fourth-order valence-corrected chi connectivity index (χ4v) is 5.41. The molecule has 1 atom stereocenters. The topological polar surface area (TPSA) is 94.6 Å². The van der Waals surface area contributed by atoms with E-state index in [0.29, 0.717) is 24.5 Å². The number of aromatic nitrogens is 4. The SMILES string of the molecule is CCCc1cc(=O)n(CC(=O)N2N=C(c3cccs3)CC2c2ccc(OC)cc2)c(-n2nc(C)cc2C)n1. The molecule has 1 amide bonds. The minimum atomic E-state index is -0.300. The lowest BCUT2D eigenvalue weighted by atomic mass is 10.0. The molecule has 0 saturated carbocycles. The number of ether oxygens (including phenoxy) is 1. The van der Waals surface area contributed by atoms with Crippen molar-refractivity contribution in [1.82, 2.24) is 24.3 Å². The maximum Gasteiger partial charge on any atom is 0.263 e.